The SMILES string of the molecule is CCCOc1ccc([C@H](CO[Si-](C)(C)C(C)(C)C)N[S@@](=O)C(C)(C)C)cn1. The topological polar surface area (TPSA) is 60.5 Å². The Balaban J connectivity index is 2.99. The van der Waals surface area contributed by atoms with Crippen molar-refractivity contribution in [2.75, 3.05) is 13.2 Å². The maximum Gasteiger partial charge on any atom is 0.213 e. The van der Waals surface area contributed by atoms with Crippen molar-refractivity contribution in [3.63, 3.8) is 0 Å². The van der Waals surface area contributed by atoms with Gasteiger partial charge in [-0.1, -0.05) is 33.8 Å². The Kier molecular flexibility index (Phi) is 8.66. The fourth-order valence-electron chi connectivity index (χ4n) is 1.90. The van der Waals surface area contributed by atoms with Crippen LogP contribution < -0.4 is 9.46 Å². The number of nitrogens with one attached hydrogen (secondary N) is 1. The van der Waals surface area contributed by atoms with Crippen molar-refractivity contribution in [3.8, 4) is 5.88 Å². The highest BCUT2D eigenvalue weighted by Gasteiger charge is 2.28. The number of pyridine rings is 1. The first-order valence-electron chi connectivity index (χ1n) is 9.68. The van der Waals surface area contributed by atoms with Crippen molar-refractivity contribution >= 4 is 19.3 Å². The van der Waals surface area contributed by atoms with Crippen molar-refractivity contribution in [3.05, 3.63) is 23.9 Å². The summed E-state index contributed by atoms with van der Waals surface area (Å²) >= 11 is 0. The second kappa shape index (κ2) is 9.63. The van der Waals surface area contributed by atoms with Crippen LogP contribution in [0.15, 0.2) is 18.3 Å². The molecule has 0 unspecified atom stereocenters. The van der Waals surface area contributed by atoms with Crippen molar-refractivity contribution in [2.45, 2.75) is 83.8 Å². The Hall–Kier alpha value is -0.763. The third kappa shape index (κ3) is 7.64. The van der Waals surface area contributed by atoms with Gasteiger partial charge in [0.2, 0.25) is 5.88 Å². The third-order valence-corrected chi connectivity index (χ3v) is 10.9. The number of nitrogens with zero attached hydrogens (tertiary/aromatic N) is 1. The molecule has 5 nitrogen and oxygen atoms in total. The Bertz CT molecular complexity index is 607. The van der Waals surface area contributed by atoms with Gasteiger partial charge in [-0.05, 0) is 41.1 Å². The fourth-order valence-corrected chi connectivity index (χ4v) is 3.73. The fraction of sp³-hybridized carbons (Fsp3) is 0.750. The van der Waals surface area contributed by atoms with E-state index < -0.39 is 19.3 Å². The highest BCUT2D eigenvalue weighted by atomic mass is 32.2. The summed E-state index contributed by atoms with van der Waals surface area (Å²) in [5.41, 5.74) is 0.954. The molecule has 0 aromatic carbocycles. The van der Waals surface area contributed by atoms with Crippen molar-refractivity contribution in [2.24, 2.45) is 0 Å². The number of rotatable bonds is 9. The Labute approximate surface area is 169 Å². The number of aromatic nitrogens is 1. The van der Waals surface area contributed by atoms with E-state index >= 15 is 0 Å². The van der Waals surface area contributed by atoms with Gasteiger partial charge >= 0.3 is 0 Å². The molecule has 1 rings (SSSR count). The molecule has 0 radical (unpaired) electrons. The third-order valence-electron chi connectivity index (χ3n) is 4.84. The standard InChI is InChI=1S/C20H38N2O3SSi/c1-10-13-24-18-12-11-16(14-21-18)17(22-26(23)19(2,3)4)15-25-27(8,9)20(5,6)7/h11-12,14,17,22H,10,13,15H2,1-9H3/q-1/t17-,26-/m0/s1. The minimum absolute atomic E-state index is 0.122. The lowest BCUT2D eigenvalue weighted by Crippen LogP contribution is -2.44. The lowest BCUT2D eigenvalue weighted by Gasteiger charge is -2.49. The molecule has 0 aliphatic carbocycles. The highest BCUT2D eigenvalue weighted by molar-refractivity contribution is 7.84. The van der Waals surface area contributed by atoms with Gasteiger partial charge in [-0.3, -0.25) is 0 Å². The van der Waals surface area contributed by atoms with E-state index in [1.165, 1.54) is 0 Å². The first-order chi connectivity index (χ1) is 12.3. The molecule has 7 heteroatoms. The predicted octanol–water partition coefficient (Wildman–Crippen LogP) is 4.99. The smallest absolute Gasteiger partial charge is 0.213 e. The van der Waals surface area contributed by atoms with E-state index in [9.17, 15) is 4.21 Å². The average molecular weight is 415 g/mol. The minimum atomic E-state index is -1.91. The molecule has 1 aromatic rings. The van der Waals surface area contributed by atoms with Crippen molar-refractivity contribution < 1.29 is 13.4 Å². The van der Waals surface area contributed by atoms with E-state index in [-0.39, 0.29) is 15.8 Å². The number of hydrogen-bond donors (Lipinski definition) is 1. The minimum Gasteiger partial charge on any atom is -0.563 e. The summed E-state index contributed by atoms with van der Waals surface area (Å²) in [5, 5.41) is 0.122. The zero-order valence-electron chi connectivity index (χ0n) is 18.5. The highest BCUT2D eigenvalue weighted by Crippen LogP contribution is 2.37. The Morgan fingerprint density at radius 1 is 1.19 bits per heavy atom. The lowest BCUT2D eigenvalue weighted by molar-refractivity contribution is 0.257. The lowest BCUT2D eigenvalue weighted by atomic mass is 10.1. The summed E-state index contributed by atoms with van der Waals surface area (Å²) in [6.45, 7) is 20.2. The summed E-state index contributed by atoms with van der Waals surface area (Å²) in [5.74, 6) is 0.613. The quantitative estimate of drug-likeness (QED) is 0.579. The van der Waals surface area contributed by atoms with Gasteiger partial charge in [0, 0.05) is 18.9 Å². The van der Waals surface area contributed by atoms with Crippen LogP contribution in [0.5, 0.6) is 5.88 Å². The van der Waals surface area contributed by atoms with Crippen molar-refractivity contribution in [1.29, 1.82) is 0 Å². The molecule has 157 valence electrons. The van der Waals surface area contributed by atoms with Crippen LogP contribution in [0.3, 0.4) is 0 Å². The van der Waals surface area contributed by atoms with Gasteiger partial charge in [0.15, 0.2) is 0 Å². The molecule has 0 saturated heterocycles. The molecule has 27 heavy (non-hydrogen) atoms. The maximum atomic E-state index is 12.7. The summed E-state index contributed by atoms with van der Waals surface area (Å²) in [6.07, 6.45) is 2.73. The van der Waals surface area contributed by atoms with Gasteiger partial charge in [0.25, 0.3) is 0 Å². The van der Waals surface area contributed by atoms with Gasteiger partial charge in [0.05, 0.1) is 28.4 Å². The molecule has 0 spiro atoms. The summed E-state index contributed by atoms with van der Waals surface area (Å²) < 4.78 is 27.6. The maximum absolute atomic E-state index is 12.7. The predicted molar refractivity (Wildman–Crippen MR) is 117 cm³/mol. The Morgan fingerprint density at radius 2 is 1.81 bits per heavy atom. The van der Waals surface area contributed by atoms with Gasteiger partial charge in [-0.15, -0.1) is 18.1 Å². The summed E-state index contributed by atoms with van der Waals surface area (Å²) in [6, 6.07) is 3.66. The molecule has 0 bridgehead atoms. The molecule has 1 N–H and O–H groups in total. The van der Waals surface area contributed by atoms with E-state index in [0.29, 0.717) is 19.1 Å². The molecule has 0 amide bonds. The van der Waals surface area contributed by atoms with Crippen LogP contribution in [-0.4, -0.2) is 35.5 Å². The van der Waals surface area contributed by atoms with Crippen molar-refractivity contribution in [1.82, 2.24) is 9.71 Å². The molecular weight excluding hydrogens is 376 g/mol. The molecule has 0 aliphatic rings. The molecular formula is C20H38N2O3SSi-. The second-order valence-corrected chi connectivity index (χ2v) is 16.2. The van der Waals surface area contributed by atoms with Crippen LogP contribution in [0.1, 0.15) is 66.5 Å². The first kappa shape index (κ1) is 24.3. The normalized spacial score (nSPS) is 15.4. The van der Waals surface area contributed by atoms with Crippen LogP contribution >= 0.6 is 0 Å². The van der Waals surface area contributed by atoms with E-state index in [1.54, 1.807) is 6.20 Å². The zero-order chi connectivity index (χ0) is 20.9. The van der Waals surface area contributed by atoms with Crippen LogP contribution in [0.4, 0.5) is 0 Å². The number of ether oxygens (including phenoxy) is 1. The molecule has 1 heterocycles. The second-order valence-electron chi connectivity index (χ2n) is 9.40. The van der Waals surface area contributed by atoms with E-state index in [0.717, 1.165) is 12.0 Å². The van der Waals surface area contributed by atoms with Gasteiger partial charge in [-0.25, -0.2) is 13.9 Å². The average Bonchev–Trinajstić information content (AvgIpc) is 2.55. The van der Waals surface area contributed by atoms with Crippen LogP contribution in [0.25, 0.3) is 0 Å². The number of hydrogen-bond acceptors (Lipinski definition) is 4. The van der Waals surface area contributed by atoms with Gasteiger partial charge in [-0.2, -0.15) is 0 Å². The first-order valence-corrected chi connectivity index (χ1v) is 13.7. The largest absolute Gasteiger partial charge is 0.563 e. The molecule has 2 atom stereocenters. The van der Waals surface area contributed by atoms with Crippen LogP contribution in [-0.2, 0) is 15.4 Å². The van der Waals surface area contributed by atoms with E-state index in [1.807, 2.05) is 32.9 Å². The van der Waals surface area contributed by atoms with Gasteiger partial charge < -0.3 is 9.16 Å². The molecule has 1 aromatic heterocycles. The zero-order valence-corrected chi connectivity index (χ0v) is 20.3. The molecule has 0 aliphatic heterocycles. The van der Waals surface area contributed by atoms with Gasteiger partial charge in [0.1, 0.15) is 0 Å². The van der Waals surface area contributed by atoms with Crippen LogP contribution in [0.2, 0.25) is 18.1 Å². The monoisotopic (exact) mass is 414 g/mol. The van der Waals surface area contributed by atoms with E-state index in [2.05, 4.69) is 50.5 Å². The molecule has 0 fully saturated rings. The summed E-state index contributed by atoms with van der Waals surface area (Å²) in [7, 11) is -3.11. The van der Waals surface area contributed by atoms with E-state index in [4.69, 9.17) is 9.16 Å². The Morgan fingerprint density at radius 3 is 2.26 bits per heavy atom. The van der Waals surface area contributed by atoms with Crippen LogP contribution in [0, 0.1) is 0 Å². The summed E-state index contributed by atoms with van der Waals surface area (Å²) in [4.78, 5) is 4.39. The molecule has 0 saturated carbocycles.